The maximum Gasteiger partial charge on any atom is 0.224 e. The Kier molecular flexibility index (Phi) is 3.55. The van der Waals surface area contributed by atoms with Gasteiger partial charge in [-0.15, -0.1) is 0 Å². The molecule has 0 aromatic heterocycles. The van der Waals surface area contributed by atoms with E-state index >= 15 is 0 Å². The van der Waals surface area contributed by atoms with E-state index in [0.29, 0.717) is 11.8 Å². The van der Waals surface area contributed by atoms with Crippen molar-refractivity contribution >= 4 is 5.91 Å². The molecule has 20 heavy (non-hydrogen) atoms. The smallest absolute Gasteiger partial charge is 0.224 e. The van der Waals surface area contributed by atoms with Crippen LogP contribution < -0.4 is 10.6 Å². The first-order chi connectivity index (χ1) is 9.57. The van der Waals surface area contributed by atoms with Crippen molar-refractivity contribution in [1.29, 1.82) is 0 Å². The zero-order valence-corrected chi connectivity index (χ0v) is 12.4. The molecule has 2 aliphatic rings. The molecule has 1 heterocycles. The van der Waals surface area contributed by atoms with Gasteiger partial charge in [0.25, 0.3) is 0 Å². The monoisotopic (exact) mass is 272 g/mol. The summed E-state index contributed by atoms with van der Waals surface area (Å²) in [4.78, 5) is 12.3. The van der Waals surface area contributed by atoms with Crippen LogP contribution >= 0.6 is 0 Å². The number of carbonyl (C=O) groups is 1. The number of nitrogens with one attached hydrogen (secondary N) is 2. The number of hydrogen-bond acceptors (Lipinski definition) is 2. The van der Waals surface area contributed by atoms with Crippen LogP contribution in [0.2, 0.25) is 0 Å². The van der Waals surface area contributed by atoms with Crippen molar-refractivity contribution in [2.24, 2.45) is 17.8 Å². The molecule has 3 atom stereocenters. The minimum absolute atomic E-state index is 0.128. The fourth-order valence-electron chi connectivity index (χ4n) is 3.39. The minimum Gasteiger partial charge on any atom is -0.351 e. The van der Waals surface area contributed by atoms with Gasteiger partial charge in [-0.3, -0.25) is 4.79 Å². The van der Waals surface area contributed by atoms with Gasteiger partial charge in [0, 0.05) is 11.5 Å². The fourth-order valence-corrected chi connectivity index (χ4v) is 3.39. The van der Waals surface area contributed by atoms with Crippen molar-refractivity contribution < 1.29 is 4.79 Å². The highest BCUT2D eigenvalue weighted by Gasteiger charge is 2.57. The third-order valence-electron chi connectivity index (χ3n) is 4.74. The molecule has 0 bridgehead atoms. The average Bonchev–Trinajstić information content (AvgIpc) is 2.92. The van der Waals surface area contributed by atoms with E-state index < -0.39 is 0 Å². The lowest BCUT2D eigenvalue weighted by Crippen LogP contribution is -2.45. The molecule has 0 unspecified atom stereocenters. The predicted molar refractivity (Wildman–Crippen MR) is 80.3 cm³/mol. The standard InChI is InChI=1S/C17H24N2O/c1-17(2,9-8-12-6-4-3-5-7-12)19-16(20)15-13-10-18-11-14(13)15/h3-7,13-15,18H,8-11H2,1-2H3,(H,19,20)/t13-,14+,15+. The SMILES string of the molecule is CC(C)(CCc1ccccc1)NC(=O)[C@H]1[C@@H]2CNC[C@@H]21. The van der Waals surface area contributed by atoms with Crippen LogP contribution in [0.15, 0.2) is 30.3 Å². The first-order valence-electron chi connectivity index (χ1n) is 7.63. The molecule has 1 saturated heterocycles. The third-order valence-corrected chi connectivity index (χ3v) is 4.74. The van der Waals surface area contributed by atoms with Gasteiger partial charge in [0.15, 0.2) is 0 Å². The van der Waals surface area contributed by atoms with Crippen molar-refractivity contribution in [3.63, 3.8) is 0 Å². The zero-order valence-electron chi connectivity index (χ0n) is 12.4. The van der Waals surface area contributed by atoms with Crippen LogP contribution in [0, 0.1) is 17.8 Å². The van der Waals surface area contributed by atoms with Gasteiger partial charge in [-0.25, -0.2) is 0 Å². The van der Waals surface area contributed by atoms with Gasteiger partial charge in [-0.2, -0.15) is 0 Å². The summed E-state index contributed by atoms with van der Waals surface area (Å²) >= 11 is 0. The van der Waals surface area contributed by atoms with E-state index in [2.05, 4.69) is 48.7 Å². The summed E-state index contributed by atoms with van der Waals surface area (Å²) in [6.07, 6.45) is 1.98. The van der Waals surface area contributed by atoms with E-state index in [1.54, 1.807) is 0 Å². The maximum absolute atomic E-state index is 12.3. The van der Waals surface area contributed by atoms with Crippen molar-refractivity contribution in [3.8, 4) is 0 Å². The topological polar surface area (TPSA) is 41.1 Å². The second kappa shape index (κ2) is 5.21. The van der Waals surface area contributed by atoms with Crippen LogP contribution in [0.1, 0.15) is 25.8 Å². The molecule has 1 aromatic carbocycles. The molecule has 0 radical (unpaired) electrons. The van der Waals surface area contributed by atoms with E-state index in [0.717, 1.165) is 25.9 Å². The highest BCUT2D eigenvalue weighted by molar-refractivity contribution is 5.83. The first kappa shape index (κ1) is 13.6. The summed E-state index contributed by atoms with van der Waals surface area (Å²) in [5.74, 6) is 1.73. The number of amides is 1. The summed E-state index contributed by atoms with van der Waals surface area (Å²) in [6.45, 7) is 6.30. The Balaban J connectivity index is 1.49. The summed E-state index contributed by atoms with van der Waals surface area (Å²) in [5.41, 5.74) is 1.21. The molecule has 1 aliphatic heterocycles. The Hall–Kier alpha value is -1.35. The molecule has 1 amide bonds. The molecule has 1 aliphatic carbocycles. The molecule has 1 saturated carbocycles. The highest BCUT2D eigenvalue weighted by atomic mass is 16.2. The molecule has 2 fully saturated rings. The van der Waals surface area contributed by atoms with Crippen LogP contribution in [0.5, 0.6) is 0 Å². The van der Waals surface area contributed by atoms with Crippen LogP contribution in [0.3, 0.4) is 0 Å². The highest BCUT2D eigenvalue weighted by Crippen LogP contribution is 2.48. The largest absolute Gasteiger partial charge is 0.351 e. The number of aryl methyl sites for hydroxylation is 1. The molecule has 3 rings (SSSR count). The van der Waals surface area contributed by atoms with Crippen molar-refractivity contribution in [2.45, 2.75) is 32.2 Å². The normalized spacial score (nSPS) is 28.0. The molecular weight excluding hydrogens is 248 g/mol. The Labute approximate surface area is 121 Å². The lowest BCUT2D eigenvalue weighted by molar-refractivity contribution is -0.124. The number of piperidine rings is 1. The van der Waals surface area contributed by atoms with Gasteiger partial charge < -0.3 is 10.6 Å². The summed E-state index contributed by atoms with van der Waals surface area (Å²) in [5, 5.41) is 6.59. The number of benzene rings is 1. The molecular formula is C17H24N2O. The van der Waals surface area contributed by atoms with Crippen molar-refractivity contribution in [1.82, 2.24) is 10.6 Å². The second-order valence-electron chi connectivity index (χ2n) is 6.87. The number of hydrogen-bond donors (Lipinski definition) is 2. The van der Waals surface area contributed by atoms with E-state index in [1.807, 2.05) is 6.07 Å². The van der Waals surface area contributed by atoms with Crippen LogP contribution in [-0.4, -0.2) is 24.5 Å². The van der Waals surface area contributed by atoms with Crippen molar-refractivity contribution in [3.05, 3.63) is 35.9 Å². The number of fused-ring (bicyclic) bond motifs is 1. The summed E-state index contributed by atoms with van der Waals surface area (Å²) in [6, 6.07) is 10.5. The Morgan fingerprint density at radius 3 is 2.55 bits per heavy atom. The van der Waals surface area contributed by atoms with Gasteiger partial charge in [0.2, 0.25) is 5.91 Å². The van der Waals surface area contributed by atoms with E-state index in [4.69, 9.17) is 0 Å². The van der Waals surface area contributed by atoms with Gasteiger partial charge in [-0.05, 0) is 57.2 Å². The molecule has 1 aromatic rings. The first-order valence-corrected chi connectivity index (χ1v) is 7.63. The fraction of sp³-hybridized carbons (Fsp3) is 0.588. The molecule has 0 spiro atoms. The number of rotatable bonds is 5. The van der Waals surface area contributed by atoms with Gasteiger partial charge in [-0.1, -0.05) is 30.3 Å². The van der Waals surface area contributed by atoms with E-state index in [9.17, 15) is 4.79 Å². The summed E-state index contributed by atoms with van der Waals surface area (Å²) < 4.78 is 0. The van der Waals surface area contributed by atoms with Gasteiger partial charge >= 0.3 is 0 Å². The van der Waals surface area contributed by atoms with E-state index in [1.165, 1.54) is 5.56 Å². The van der Waals surface area contributed by atoms with E-state index in [-0.39, 0.29) is 17.4 Å². The lowest BCUT2D eigenvalue weighted by atomic mass is 9.95. The quantitative estimate of drug-likeness (QED) is 0.860. The minimum atomic E-state index is -0.128. The molecule has 2 N–H and O–H groups in total. The predicted octanol–water partition coefficient (Wildman–Crippen LogP) is 1.98. The van der Waals surface area contributed by atoms with Crippen LogP contribution in [-0.2, 0) is 11.2 Å². The molecule has 3 nitrogen and oxygen atoms in total. The van der Waals surface area contributed by atoms with Gasteiger partial charge in [0.1, 0.15) is 0 Å². The Morgan fingerprint density at radius 2 is 1.90 bits per heavy atom. The molecule has 108 valence electrons. The molecule has 3 heteroatoms. The lowest BCUT2D eigenvalue weighted by Gasteiger charge is -2.27. The average molecular weight is 272 g/mol. The Morgan fingerprint density at radius 1 is 1.25 bits per heavy atom. The van der Waals surface area contributed by atoms with Crippen molar-refractivity contribution in [2.75, 3.05) is 13.1 Å². The van der Waals surface area contributed by atoms with Crippen LogP contribution in [0.25, 0.3) is 0 Å². The second-order valence-corrected chi connectivity index (χ2v) is 6.87. The van der Waals surface area contributed by atoms with Gasteiger partial charge in [0.05, 0.1) is 0 Å². The maximum atomic E-state index is 12.3. The summed E-state index contributed by atoms with van der Waals surface area (Å²) in [7, 11) is 0. The zero-order chi connectivity index (χ0) is 14.2. The third kappa shape index (κ3) is 2.88. The van der Waals surface area contributed by atoms with Crippen LogP contribution in [0.4, 0.5) is 0 Å². The Bertz CT molecular complexity index is 473. The number of carbonyl (C=O) groups excluding carboxylic acids is 1.